The van der Waals surface area contributed by atoms with Gasteiger partial charge in [-0.2, -0.15) is 0 Å². The average molecular weight is 377 g/mol. The van der Waals surface area contributed by atoms with Crippen LogP contribution in [0.3, 0.4) is 0 Å². The van der Waals surface area contributed by atoms with Gasteiger partial charge in [0.25, 0.3) is 0 Å². The van der Waals surface area contributed by atoms with E-state index in [-0.39, 0.29) is 5.91 Å². The van der Waals surface area contributed by atoms with Gasteiger partial charge in [-0.25, -0.2) is 0 Å². The third-order valence-electron chi connectivity index (χ3n) is 5.67. The Balaban J connectivity index is 1.46. The number of likely N-dealkylation sites (N-methyl/N-ethyl adjacent to an activating group) is 1. The van der Waals surface area contributed by atoms with E-state index < -0.39 is 0 Å². The molecule has 0 unspecified atom stereocenters. The highest BCUT2D eigenvalue weighted by molar-refractivity contribution is 5.93. The molecule has 2 aromatic carbocycles. The minimum atomic E-state index is -0.0000923. The van der Waals surface area contributed by atoms with Crippen LogP contribution in [0.5, 0.6) is 0 Å². The summed E-state index contributed by atoms with van der Waals surface area (Å²) in [6.07, 6.45) is 0. The number of carbonyl (C=O) groups excluding carboxylic acids is 1. The molecule has 0 spiro atoms. The van der Waals surface area contributed by atoms with Crippen molar-refractivity contribution in [2.24, 2.45) is 0 Å². The Kier molecular flexibility index (Phi) is 5.09. The van der Waals surface area contributed by atoms with Gasteiger partial charge in [-0.1, -0.05) is 18.2 Å². The van der Waals surface area contributed by atoms with E-state index in [2.05, 4.69) is 64.0 Å². The summed E-state index contributed by atoms with van der Waals surface area (Å²) in [5.74, 6) is -0.0000923. The van der Waals surface area contributed by atoms with Crippen molar-refractivity contribution in [3.05, 3.63) is 59.8 Å². The highest BCUT2D eigenvalue weighted by Gasteiger charge is 2.16. The van der Waals surface area contributed by atoms with Gasteiger partial charge in [0.05, 0.1) is 0 Å². The predicted octanol–water partition coefficient (Wildman–Crippen LogP) is 3.65. The van der Waals surface area contributed by atoms with Crippen molar-refractivity contribution in [3.8, 4) is 0 Å². The fourth-order valence-corrected chi connectivity index (χ4v) is 3.94. The molecular formula is C23H28N4O. The topological polar surface area (TPSA) is 40.5 Å². The van der Waals surface area contributed by atoms with E-state index in [0.717, 1.165) is 48.6 Å². The van der Waals surface area contributed by atoms with E-state index >= 15 is 0 Å². The Hall–Kier alpha value is -2.79. The van der Waals surface area contributed by atoms with Crippen molar-refractivity contribution in [1.82, 2.24) is 9.47 Å². The third kappa shape index (κ3) is 3.76. The van der Waals surface area contributed by atoms with E-state index in [9.17, 15) is 4.79 Å². The van der Waals surface area contributed by atoms with E-state index in [1.165, 1.54) is 11.1 Å². The highest BCUT2D eigenvalue weighted by atomic mass is 16.1. The maximum absolute atomic E-state index is 12.7. The number of amides is 1. The molecule has 28 heavy (non-hydrogen) atoms. The Morgan fingerprint density at radius 2 is 1.75 bits per heavy atom. The second-order valence-corrected chi connectivity index (χ2v) is 7.77. The highest BCUT2D eigenvalue weighted by Crippen LogP contribution is 2.24. The smallest absolute Gasteiger partial charge is 0.244 e. The van der Waals surface area contributed by atoms with E-state index in [1.54, 1.807) is 0 Å². The van der Waals surface area contributed by atoms with Crippen molar-refractivity contribution < 1.29 is 4.79 Å². The normalized spacial score (nSPS) is 15.2. The molecule has 0 radical (unpaired) electrons. The Morgan fingerprint density at radius 1 is 1.00 bits per heavy atom. The number of para-hydroxylation sites is 1. The van der Waals surface area contributed by atoms with Gasteiger partial charge in [0, 0.05) is 48.8 Å². The maximum Gasteiger partial charge on any atom is 0.244 e. The second kappa shape index (κ2) is 7.68. The summed E-state index contributed by atoms with van der Waals surface area (Å²) in [7, 11) is 2.16. The SMILES string of the molecule is Cc1cc(N2CCN(C)CC2)ccc1NC(=O)Cn1c(C)cc2ccccc21. The Labute approximate surface area is 166 Å². The number of hydrogen-bond acceptors (Lipinski definition) is 3. The largest absolute Gasteiger partial charge is 0.369 e. The zero-order chi connectivity index (χ0) is 19.7. The first-order chi connectivity index (χ1) is 13.5. The number of nitrogens with one attached hydrogen (secondary N) is 1. The van der Waals surface area contributed by atoms with Crippen LogP contribution in [-0.4, -0.2) is 48.6 Å². The van der Waals surface area contributed by atoms with Crippen LogP contribution in [0.15, 0.2) is 48.5 Å². The number of fused-ring (bicyclic) bond motifs is 1. The van der Waals surface area contributed by atoms with Crippen LogP contribution in [0.2, 0.25) is 0 Å². The molecule has 2 heterocycles. The van der Waals surface area contributed by atoms with Crippen LogP contribution in [0.25, 0.3) is 10.9 Å². The predicted molar refractivity (Wildman–Crippen MR) is 116 cm³/mol. The number of rotatable bonds is 4. The summed E-state index contributed by atoms with van der Waals surface area (Å²) in [5, 5.41) is 4.26. The molecule has 3 aromatic rings. The lowest BCUT2D eigenvalue weighted by Crippen LogP contribution is -2.44. The molecule has 0 atom stereocenters. The molecule has 1 aliphatic heterocycles. The van der Waals surface area contributed by atoms with Crippen LogP contribution in [0.1, 0.15) is 11.3 Å². The summed E-state index contributed by atoms with van der Waals surface area (Å²) < 4.78 is 2.07. The van der Waals surface area contributed by atoms with Gasteiger partial charge in [-0.05, 0) is 62.2 Å². The van der Waals surface area contributed by atoms with E-state index in [4.69, 9.17) is 0 Å². The number of piperazine rings is 1. The Bertz CT molecular complexity index is 999. The molecule has 1 saturated heterocycles. The number of hydrogen-bond donors (Lipinski definition) is 1. The summed E-state index contributed by atoms with van der Waals surface area (Å²) in [6, 6.07) is 16.6. The number of aryl methyl sites for hydroxylation is 2. The lowest BCUT2D eigenvalue weighted by atomic mass is 10.1. The molecule has 1 fully saturated rings. The standard InChI is InChI=1S/C23H28N4O/c1-17-14-20(26-12-10-25(3)11-13-26)8-9-21(17)24-23(28)16-27-18(2)15-19-6-4-5-7-22(19)27/h4-9,14-15H,10-13,16H2,1-3H3,(H,24,28). The van der Waals surface area contributed by atoms with Crippen molar-refractivity contribution in [2.75, 3.05) is 43.4 Å². The van der Waals surface area contributed by atoms with Crippen LogP contribution in [0, 0.1) is 13.8 Å². The van der Waals surface area contributed by atoms with Crippen LogP contribution in [-0.2, 0) is 11.3 Å². The van der Waals surface area contributed by atoms with Crippen molar-refractivity contribution in [2.45, 2.75) is 20.4 Å². The monoisotopic (exact) mass is 376 g/mol. The summed E-state index contributed by atoms with van der Waals surface area (Å²) >= 11 is 0. The maximum atomic E-state index is 12.7. The van der Waals surface area contributed by atoms with E-state index in [1.807, 2.05) is 25.1 Å². The van der Waals surface area contributed by atoms with Gasteiger partial charge < -0.3 is 19.7 Å². The van der Waals surface area contributed by atoms with Gasteiger partial charge in [-0.3, -0.25) is 4.79 Å². The lowest BCUT2D eigenvalue weighted by Gasteiger charge is -2.34. The molecule has 0 aliphatic carbocycles. The molecule has 1 amide bonds. The second-order valence-electron chi connectivity index (χ2n) is 7.77. The molecule has 1 aromatic heterocycles. The first-order valence-electron chi connectivity index (χ1n) is 9.90. The molecule has 1 N–H and O–H groups in total. The average Bonchev–Trinajstić information content (AvgIpc) is 2.99. The first kappa shape index (κ1) is 18.6. The number of carbonyl (C=O) groups is 1. The molecule has 4 rings (SSSR count). The lowest BCUT2D eigenvalue weighted by molar-refractivity contribution is -0.116. The van der Waals surface area contributed by atoms with Crippen LogP contribution >= 0.6 is 0 Å². The van der Waals surface area contributed by atoms with Gasteiger partial charge in [-0.15, -0.1) is 0 Å². The summed E-state index contributed by atoms with van der Waals surface area (Å²) in [6.45, 7) is 8.68. The van der Waals surface area contributed by atoms with Crippen molar-refractivity contribution in [3.63, 3.8) is 0 Å². The van der Waals surface area contributed by atoms with Crippen LogP contribution in [0.4, 0.5) is 11.4 Å². The summed E-state index contributed by atoms with van der Waals surface area (Å²) in [5.41, 5.74) is 5.41. The quantitative estimate of drug-likeness (QED) is 0.756. The number of aromatic nitrogens is 1. The number of anilines is 2. The zero-order valence-corrected chi connectivity index (χ0v) is 16.9. The van der Waals surface area contributed by atoms with Crippen LogP contribution < -0.4 is 10.2 Å². The molecular weight excluding hydrogens is 348 g/mol. The molecule has 0 saturated carbocycles. The molecule has 5 heteroatoms. The molecule has 1 aliphatic rings. The van der Waals surface area contributed by atoms with Gasteiger partial charge in [0.1, 0.15) is 6.54 Å². The van der Waals surface area contributed by atoms with E-state index in [0.29, 0.717) is 6.54 Å². The molecule has 5 nitrogen and oxygen atoms in total. The van der Waals surface area contributed by atoms with Crippen molar-refractivity contribution >= 4 is 28.2 Å². The van der Waals surface area contributed by atoms with Crippen molar-refractivity contribution in [1.29, 1.82) is 0 Å². The number of benzene rings is 2. The number of nitrogens with zero attached hydrogens (tertiary/aromatic N) is 3. The van der Waals surface area contributed by atoms with Gasteiger partial charge >= 0.3 is 0 Å². The first-order valence-corrected chi connectivity index (χ1v) is 9.90. The fourth-order valence-electron chi connectivity index (χ4n) is 3.94. The zero-order valence-electron chi connectivity index (χ0n) is 16.9. The minimum Gasteiger partial charge on any atom is -0.369 e. The Morgan fingerprint density at radius 3 is 2.50 bits per heavy atom. The fraction of sp³-hybridized carbons (Fsp3) is 0.348. The molecule has 146 valence electrons. The van der Waals surface area contributed by atoms with Gasteiger partial charge in [0.2, 0.25) is 5.91 Å². The van der Waals surface area contributed by atoms with Gasteiger partial charge in [0.15, 0.2) is 0 Å². The third-order valence-corrected chi connectivity index (χ3v) is 5.67. The summed E-state index contributed by atoms with van der Waals surface area (Å²) in [4.78, 5) is 17.5. The minimum absolute atomic E-state index is 0.0000923. The molecule has 0 bridgehead atoms.